The molecule has 0 aliphatic heterocycles. The topological polar surface area (TPSA) is 12.0 Å². The molecule has 0 atom stereocenters. The highest BCUT2D eigenvalue weighted by Gasteiger charge is 2.33. The minimum absolute atomic E-state index is 0.251. The summed E-state index contributed by atoms with van der Waals surface area (Å²) in [6, 6.07) is 4.30. The van der Waals surface area contributed by atoms with E-state index in [0.29, 0.717) is 5.69 Å². The molecule has 1 aromatic rings. The zero-order valence-electron chi connectivity index (χ0n) is 10.6. The first-order valence-corrected chi connectivity index (χ1v) is 6.98. The molecule has 0 saturated heterocycles. The van der Waals surface area contributed by atoms with Gasteiger partial charge in [-0.2, -0.15) is 13.2 Å². The lowest BCUT2D eigenvalue weighted by molar-refractivity contribution is -0.137. The molecule has 1 aliphatic carbocycles. The van der Waals surface area contributed by atoms with Crippen molar-refractivity contribution in [1.29, 1.82) is 0 Å². The van der Waals surface area contributed by atoms with E-state index < -0.39 is 11.7 Å². The molecule has 0 amide bonds. The number of hydrogen-bond acceptors (Lipinski definition) is 1. The van der Waals surface area contributed by atoms with E-state index in [-0.39, 0.29) is 11.1 Å². The van der Waals surface area contributed by atoms with Gasteiger partial charge in [-0.1, -0.05) is 37.3 Å². The summed E-state index contributed by atoms with van der Waals surface area (Å²) in [6.45, 7) is 0. The highest BCUT2D eigenvalue weighted by Crippen LogP contribution is 2.36. The lowest BCUT2D eigenvalue weighted by atomic mass is 10.1. The average Bonchev–Trinajstić information content (AvgIpc) is 2.59. The van der Waals surface area contributed by atoms with E-state index in [0.717, 1.165) is 31.7 Å². The standard InChI is InChI=1S/C14H17ClF3N/c15-13-8-7-11(9-12(13)14(16,17)18)19-10-5-3-1-2-4-6-10/h7-10,19H,1-6H2. The summed E-state index contributed by atoms with van der Waals surface area (Å²) < 4.78 is 38.3. The van der Waals surface area contributed by atoms with Crippen molar-refractivity contribution in [2.75, 3.05) is 5.32 Å². The number of alkyl halides is 3. The molecule has 0 bridgehead atoms. The Morgan fingerprint density at radius 1 is 1.05 bits per heavy atom. The molecule has 0 heterocycles. The average molecular weight is 292 g/mol. The van der Waals surface area contributed by atoms with Crippen molar-refractivity contribution < 1.29 is 13.2 Å². The molecule has 1 N–H and O–H groups in total. The van der Waals surface area contributed by atoms with Crippen molar-refractivity contribution in [2.45, 2.75) is 50.7 Å². The van der Waals surface area contributed by atoms with E-state index in [1.807, 2.05) is 0 Å². The van der Waals surface area contributed by atoms with E-state index in [2.05, 4.69) is 5.32 Å². The Hall–Kier alpha value is -0.900. The van der Waals surface area contributed by atoms with Gasteiger partial charge in [0.25, 0.3) is 0 Å². The van der Waals surface area contributed by atoms with Crippen LogP contribution < -0.4 is 5.32 Å². The van der Waals surface area contributed by atoms with Gasteiger partial charge in [-0.05, 0) is 31.0 Å². The zero-order valence-corrected chi connectivity index (χ0v) is 11.3. The van der Waals surface area contributed by atoms with E-state index in [9.17, 15) is 13.2 Å². The van der Waals surface area contributed by atoms with Crippen molar-refractivity contribution in [3.63, 3.8) is 0 Å². The molecule has 1 saturated carbocycles. The monoisotopic (exact) mass is 291 g/mol. The van der Waals surface area contributed by atoms with Crippen LogP contribution in [0.15, 0.2) is 18.2 Å². The van der Waals surface area contributed by atoms with E-state index in [4.69, 9.17) is 11.6 Å². The van der Waals surface area contributed by atoms with Crippen molar-refractivity contribution in [1.82, 2.24) is 0 Å². The van der Waals surface area contributed by atoms with Gasteiger partial charge in [0.2, 0.25) is 0 Å². The first-order valence-electron chi connectivity index (χ1n) is 6.60. The third kappa shape index (κ3) is 4.03. The lowest BCUT2D eigenvalue weighted by Gasteiger charge is -2.19. The molecule has 1 aliphatic rings. The van der Waals surface area contributed by atoms with Crippen LogP contribution in [0.2, 0.25) is 5.02 Å². The quantitative estimate of drug-likeness (QED) is 0.710. The van der Waals surface area contributed by atoms with Crippen LogP contribution in [0, 0.1) is 0 Å². The molecule has 106 valence electrons. The maximum atomic E-state index is 12.8. The van der Waals surface area contributed by atoms with Crippen LogP contribution >= 0.6 is 11.6 Å². The first-order chi connectivity index (χ1) is 8.97. The Bertz CT molecular complexity index is 423. The Labute approximate surface area is 116 Å². The van der Waals surface area contributed by atoms with Crippen molar-refractivity contribution in [3.8, 4) is 0 Å². The number of rotatable bonds is 2. The second-order valence-electron chi connectivity index (χ2n) is 5.03. The fraction of sp³-hybridized carbons (Fsp3) is 0.571. The van der Waals surface area contributed by atoms with Crippen molar-refractivity contribution >= 4 is 17.3 Å². The normalized spacial score (nSPS) is 18.1. The van der Waals surface area contributed by atoms with Crippen LogP contribution in [0.1, 0.15) is 44.1 Å². The number of benzene rings is 1. The Kier molecular flexibility index (Phi) is 4.61. The Morgan fingerprint density at radius 3 is 2.26 bits per heavy atom. The lowest BCUT2D eigenvalue weighted by Crippen LogP contribution is -2.18. The summed E-state index contributed by atoms with van der Waals surface area (Å²) in [5.41, 5.74) is -0.267. The maximum absolute atomic E-state index is 12.8. The summed E-state index contributed by atoms with van der Waals surface area (Å²) in [5.74, 6) is 0. The highest BCUT2D eigenvalue weighted by atomic mass is 35.5. The SMILES string of the molecule is FC(F)(F)c1cc(NC2CCCCCC2)ccc1Cl. The van der Waals surface area contributed by atoms with Gasteiger partial charge in [0.15, 0.2) is 0 Å². The van der Waals surface area contributed by atoms with Crippen LogP contribution in [0.5, 0.6) is 0 Å². The van der Waals surface area contributed by atoms with Crippen molar-refractivity contribution in [3.05, 3.63) is 28.8 Å². The molecular formula is C14H17ClF3N. The van der Waals surface area contributed by atoms with E-state index in [1.54, 1.807) is 6.07 Å². The number of nitrogens with one attached hydrogen (secondary N) is 1. The molecule has 0 aromatic heterocycles. The van der Waals surface area contributed by atoms with Crippen LogP contribution in [-0.4, -0.2) is 6.04 Å². The predicted molar refractivity (Wildman–Crippen MR) is 71.6 cm³/mol. The highest BCUT2D eigenvalue weighted by molar-refractivity contribution is 6.31. The molecule has 19 heavy (non-hydrogen) atoms. The van der Waals surface area contributed by atoms with Crippen LogP contribution in [0.25, 0.3) is 0 Å². The molecule has 2 rings (SSSR count). The third-order valence-electron chi connectivity index (χ3n) is 3.50. The largest absolute Gasteiger partial charge is 0.417 e. The molecule has 1 aromatic carbocycles. The molecule has 1 nitrogen and oxygen atoms in total. The third-order valence-corrected chi connectivity index (χ3v) is 3.83. The Balaban J connectivity index is 2.12. The van der Waals surface area contributed by atoms with Gasteiger partial charge in [-0.25, -0.2) is 0 Å². The number of halogens is 4. The van der Waals surface area contributed by atoms with Gasteiger partial charge in [-0.3, -0.25) is 0 Å². The fourth-order valence-electron chi connectivity index (χ4n) is 2.49. The van der Waals surface area contributed by atoms with Gasteiger partial charge in [0, 0.05) is 11.7 Å². The van der Waals surface area contributed by atoms with Gasteiger partial charge >= 0.3 is 6.18 Å². The molecule has 0 unspecified atom stereocenters. The second kappa shape index (κ2) is 6.04. The molecule has 0 spiro atoms. The van der Waals surface area contributed by atoms with Gasteiger partial charge in [0.05, 0.1) is 10.6 Å². The summed E-state index contributed by atoms with van der Waals surface area (Å²) in [7, 11) is 0. The number of anilines is 1. The molecule has 5 heteroatoms. The zero-order chi connectivity index (χ0) is 13.9. The molecule has 0 radical (unpaired) electrons. The fourth-order valence-corrected chi connectivity index (χ4v) is 2.72. The minimum atomic E-state index is -4.40. The van der Waals surface area contributed by atoms with Crippen LogP contribution in [0.3, 0.4) is 0 Å². The summed E-state index contributed by atoms with van der Waals surface area (Å²) >= 11 is 5.60. The summed E-state index contributed by atoms with van der Waals surface area (Å²) in [6.07, 6.45) is 2.33. The summed E-state index contributed by atoms with van der Waals surface area (Å²) in [4.78, 5) is 0. The number of hydrogen-bond donors (Lipinski definition) is 1. The first kappa shape index (κ1) is 14.5. The summed E-state index contributed by atoms with van der Waals surface area (Å²) in [5, 5.41) is 2.95. The van der Waals surface area contributed by atoms with Gasteiger partial charge in [-0.15, -0.1) is 0 Å². The van der Waals surface area contributed by atoms with Gasteiger partial charge < -0.3 is 5.32 Å². The Morgan fingerprint density at radius 2 is 1.68 bits per heavy atom. The van der Waals surface area contributed by atoms with Crippen LogP contribution in [-0.2, 0) is 6.18 Å². The van der Waals surface area contributed by atoms with E-state index in [1.165, 1.54) is 18.9 Å². The van der Waals surface area contributed by atoms with E-state index >= 15 is 0 Å². The predicted octanol–water partition coefficient (Wildman–Crippen LogP) is 5.49. The molecule has 1 fully saturated rings. The molecular weight excluding hydrogens is 275 g/mol. The van der Waals surface area contributed by atoms with Crippen LogP contribution in [0.4, 0.5) is 18.9 Å². The van der Waals surface area contributed by atoms with Gasteiger partial charge in [0.1, 0.15) is 0 Å². The second-order valence-corrected chi connectivity index (χ2v) is 5.43. The smallest absolute Gasteiger partial charge is 0.382 e. The minimum Gasteiger partial charge on any atom is -0.382 e. The maximum Gasteiger partial charge on any atom is 0.417 e. The van der Waals surface area contributed by atoms with Crippen molar-refractivity contribution in [2.24, 2.45) is 0 Å².